The smallest absolute Gasteiger partial charge is 0.178 e. The van der Waals surface area contributed by atoms with Crippen molar-refractivity contribution in [2.45, 2.75) is 24.8 Å². The molecule has 108 valence electrons. The van der Waals surface area contributed by atoms with Crippen LogP contribution in [0.1, 0.15) is 13.3 Å². The van der Waals surface area contributed by atoms with E-state index in [1.807, 2.05) is 17.7 Å². The van der Waals surface area contributed by atoms with Gasteiger partial charge in [0.1, 0.15) is 0 Å². The molecule has 2 aromatic rings. The quantitative estimate of drug-likeness (QED) is 0.850. The summed E-state index contributed by atoms with van der Waals surface area (Å²) in [4.78, 5) is 4.36. The van der Waals surface area contributed by atoms with E-state index in [-0.39, 0.29) is 5.75 Å². The first-order valence-corrected chi connectivity index (χ1v) is 8.29. The zero-order valence-electron chi connectivity index (χ0n) is 11.5. The van der Waals surface area contributed by atoms with Crippen LogP contribution < -0.4 is 5.32 Å². The lowest BCUT2D eigenvalue weighted by atomic mass is 10.3. The van der Waals surface area contributed by atoms with Crippen LogP contribution >= 0.6 is 0 Å². The first kappa shape index (κ1) is 14.6. The normalized spacial score (nSPS) is 11.4. The van der Waals surface area contributed by atoms with Crippen LogP contribution in [-0.2, 0) is 16.4 Å². The third-order valence-electron chi connectivity index (χ3n) is 2.94. The van der Waals surface area contributed by atoms with Crippen molar-refractivity contribution in [1.29, 1.82) is 0 Å². The van der Waals surface area contributed by atoms with E-state index in [1.165, 1.54) is 0 Å². The maximum Gasteiger partial charge on any atom is 0.178 e. The van der Waals surface area contributed by atoms with Gasteiger partial charge in [-0.15, -0.1) is 0 Å². The Morgan fingerprint density at radius 1 is 1.25 bits per heavy atom. The number of anilines is 1. The number of hydrogen-bond donors (Lipinski definition) is 1. The molecule has 0 unspecified atom stereocenters. The lowest BCUT2D eigenvalue weighted by Crippen LogP contribution is -2.09. The topological polar surface area (TPSA) is 64.0 Å². The molecular weight excluding hydrogens is 274 g/mol. The van der Waals surface area contributed by atoms with Crippen molar-refractivity contribution >= 4 is 15.5 Å². The summed E-state index contributed by atoms with van der Waals surface area (Å²) in [5.74, 6) is 0.195. The Balaban J connectivity index is 1.91. The van der Waals surface area contributed by atoms with Crippen LogP contribution in [0.3, 0.4) is 0 Å². The molecule has 5 nitrogen and oxygen atoms in total. The minimum absolute atomic E-state index is 0.195. The maximum atomic E-state index is 11.9. The van der Waals surface area contributed by atoms with Gasteiger partial charge in [0.2, 0.25) is 0 Å². The van der Waals surface area contributed by atoms with Crippen molar-refractivity contribution in [2.24, 2.45) is 0 Å². The number of aromatic nitrogens is 2. The lowest BCUT2D eigenvalue weighted by molar-refractivity contribution is 0.595. The van der Waals surface area contributed by atoms with E-state index in [0.29, 0.717) is 11.3 Å². The third-order valence-corrected chi connectivity index (χ3v) is 4.88. The molecule has 2 rings (SSSR count). The summed E-state index contributed by atoms with van der Waals surface area (Å²) in [6.45, 7) is 3.44. The summed E-state index contributed by atoms with van der Waals surface area (Å²) >= 11 is 0. The molecule has 0 fully saturated rings. The van der Waals surface area contributed by atoms with E-state index in [9.17, 15) is 8.42 Å². The largest absolute Gasteiger partial charge is 0.383 e. The molecule has 0 aliphatic heterocycles. The molecule has 1 heterocycles. The van der Waals surface area contributed by atoms with E-state index < -0.39 is 9.84 Å². The second-order valence-corrected chi connectivity index (χ2v) is 6.68. The Bertz CT molecular complexity index is 619. The van der Waals surface area contributed by atoms with Crippen molar-refractivity contribution in [1.82, 2.24) is 9.55 Å². The van der Waals surface area contributed by atoms with Crippen molar-refractivity contribution < 1.29 is 8.42 Å². The van der Waals surface area contributed by atoms with Gasteiger partial charge < -0.3 is 9.88 Å². The van der Waals surface area contributed by atoms with Gasteiger partial charge in [-0.1, -0.05) is 6.92 Å². The standard InChI is InChI=1S/C14H19N3O2S/c1-2-11-20(18,19)14-5-3-13(4-6-14)16-8-10-17-9-7-15-12-17/h3-7,9,12,16H,2,8,10-11H2,1H3. The van der Waals surface area contributed by atoms with Crippen LogP contribution in [0.2, 0.25) is 0 Å². The van der Waals surface area contributed by atoms with Gasteiger partial charge in [0.25, 0.3) is 0 Å². The fraction of sp³-hybridized carbons (Fsp3) is 0.357. The van der Waals surface area contributed by atoms with Gasteiger partial charge in [-0.05, 0) is 30.7 Å². The molecule has 0 radical (unpaired) electrons. The monoisotopic (exact) mass is 293 g/mol. The molecule has 0 aliphatic carbocycles. The Hall–Kier alpha value is -1.82. The van der Waals surface area contributed by atoms with Crippen LogP contribution in [-0.4, -0.2) is 30.3 Å². The first-order chi connectivity index (χ1) is 9.62. The molecule has 20 heavy (non-hydrogen) atoms. The molecule has 0 aliphatic rings. The highest BCUT2D eigenvalue weighted by Gasteiger charge is 2.12. The van der Waals surface area contributed by atoms with Crippen molar-refractivity contribution in [3.05, 3.63) is 43.0 Å². The van der Waals surface area contributed by atoms with Crippen LogP contribution in [0.15, 0.2) is 47.9 Å². The summed E-state index contributed by atoms with van der Waals surface area (Å²) in [7, 11) is -3.12. The summed E-state index contributed by atoms with van der Waals surface area (Å²) in [6, 6.07) is 6.92. The highest BCUT2D eigenvalue weighted by atomic mass is 32.2. The highest BCUT2D eigenvalue weighted by molar-refractivity contribution is 7.91. The number of hydrogen-bond acceptors (Lipinski definition) is 4. The Morgan fingerprint density at radius 3 is 2.60 bits per heavy atom. The van der Waals surface area contributed by atoms with Crippen molar-refractivity contribution in [3.8, 4) is 0 Å². The zero-order valence-corrected chi connectivity index (χ0v) is 12.3. The lowest BCUT2D eigenvalue weighted by Gasteiger charge is -2.08. The number of imidazole rings is 1. The third kappa shape index (κ3) is 3.84. The van der Waals surface area contributed by atoms with Gasteiger partial charge in [0.05, 0.1) is 17.0 Å². The molecule has 0 amide bonds. The van der Waals surface area contributed by atoms with Gasteiger partial charge >= 0.3 is 0 Å². The SMILES string of the molecule is CCCS(=O)(=O)c1ccc(NCCn2ccnc2)cc1. The molecule has 1 N–H and O–H groups in total. The minimum atomic E-state index is -3.12. The van der Waals surface area contributed by atoms with Gasteiger partial charge in [-0.3, -0.25) is 0 Å². The van der Waals surface area contributed by atoms with Crippen LogP contribution in [0.4, 0.5) is 5.69 Å². The second-order valence-electron chi connectivity index (χ2n) is 4.57. The number of rotatable bonds is 7. The van der Waals surface area contributed by atoms with Gasteiger partial charge in [0.15, 0.2) is 9.84 Å². The molecule has 0 saturated carbocycles. The van der Waals surface area contributed by atoms with Crippen LogP contribution in [0.5, 0.6) is 0 Å². The summed E-state index contributed by atoms with van der Waals surface area (Å²) in [6.07, 6.45) is 6.05. The van der Waals surface area contributed by atoms with Crippen molar-refractivity contribution in [3.63, 3.8) is 0 Å². The fourth-order valence-corrected chi connectivity index (χ4v) is 3.24. The van der Waals surface area contributed by atoms with E-state index in [0.717, 1.165) is 18.8 Å². The Labute approximate surface area is 119 Å². The first-order valence-electron chi connectivity index (χ1n) is 6.64. The minimum Gasteiger partial charge on any atom is -0.383 e. The predicted molar refractivity (Wildman–Crippen MR) is 79.5 cm³/mol. The van der Waals surface area contributed by atoms with Gasteiger partial charge in [-0.25, -0.2) is 13.4 Å². The molecule has 0 saturated heterocycles. The molecule has 1 aromatic heterocycles. The number of sulfone groups is 1. The summed E-state index contributed by atoms with van der Waals surface area (Å²) < 4.78 is 25.7. The van der Waals surface area contributed by atoms with Gasteiger partial charge in [0, 0.05) is 31.2 Å². The molecule has 0 bridgehead atoms. The van der Waals surface area contributed by atoms with Crippen LogP contribution in [0, 0.1) is 0 Å². The van der Waals surface area contributed by atoms with E-state index in [2.05, 4.69) is 10.3 Å². The average molecular weight is 293 g/mol. The van der Waals surface area contributed by atoms with Crippen LogP contribution in [0.25, 0.3) is 0 Å². The Morgan fingerprint density at radius 2 is 2.00 bits per heavy atom. The number of nitrogens with zero attached hydrogens (tertiary/aromatic N) is 2. The van der Waals surface area contributed by atoms with Crippen molar-refractivity contribution in [2.75, 3.05) is 17.6 Å². The molecular formula is C14H19N3O2S. The van der Waals surface area contributed by atoms with E-state index >= 15 is 0 Å². The Kier molecular flexibility index (Phi) is 4.79. The number of benzene rings is 1. The summed E-state index contributed by atoms with van der Waals surface area (Å²) in [5.41, 5.74) is 0.917. The molecule has 0 atom stereocenters. The average Bonchev–Trinajstić information content (AvgIpc) is 2.92. The summed E-state index contributed by atoms with van der Waals surface area (Å²) in [5, 5.41) is 3.25. The van der Waals surface area contributed by atoms with E-state index in [4.69, 9.17) is 0 Å². The maximum absolute atomic E-state index is 11.9. The fourth-order valence-electron chi connectivity index (χ4n) is 1.92. The molecule has 1 aromatic carbocycles. The predicted octanol–water partition coefficient (Wildman–Crippen LogP) is 2.18. The van der Waals surface area contributed by atoms with Gasteiger partial charge in [-0.2, -0.15) is 0 Å². The highest BCUT2D eigenvalue weighted by Crippen LogP contribution is 2.15. The number of nitrogens with one attached hydrogen (secondary N) is 1. The molecule has 6 heteroatoms. The van der Waals surface area contributed by atoms with E-state index in [1.54, 1.807) is 36.8 Å². The second kappa shape index (κ2) is 6.56. The zero-order chi connectivity index (χ0) is 14.4. The molecule has 0 spiro atoms.